The van der Waals surface area contributed by atoms with Gasteiger partial charge in [-0.25, -0.2) is 23.5 Å². The second-order valence-electron chi connectivity index (χ2n) is 10.4. The molecule has 10 heteroatoms. The summed E-state index contributed by atoms with van der Waals surface area (Å²) in [6.07, 6.45) is 5.76. The Bertz CT molecular complexity index is 1050. The zero-order chi connectivity index (χ0) is 26.5. The SMILES string of the molecule is CC(C)OC(=O)N1CCC(C(C)CCOc2cnc(N3CC(N)C(c4cc(F)ccc4F)C3)nc2)CC1. The lowest BCUT2D eigenvalue weighted by molar-refractivity contribution is 0.0597. The number of carbonyl (C=O) groups excluding carboxylic acids is 1. The molecule has 3 unspecified atom stereocenters. The van der Waals surface area contributed by atoms with Gasteiger partial charge in [-0.1, -0.05) is 6.92 Å². The maximum atomic E-state index is 14.3. The standard InChI is InChI=1S/C27H37F2N5O3/c1-17(2)37-27(35)33-9-6-19(7-10-33)18(3)8-11-36-21-13-31-26(32-14-21)34-15-23(25(30)16-34)22-12-20(28)4-5-24(22)29/h4-5,12-14,17-19,23,25H,6-11,15-16,30H2,1-3H3. The smallest absolute Gasteiger partial charge is 0.410 e. The highest BCUT2D eigenvalue weighted by Crippen LogP contribution is 2.31. The van der Waals surface area contributed by atoms with E-state index in [4.69, 9.17) is 15.2 Å². The van der Waals surface area contributed by atoms with Gasteiger partial charge in [0.1, 0.15) is 11.6 Å². The first-order chi connectivity index (χ1) is 17.7. The molecule has 1 aromatic heterocycles. The van der Waals surface area contributed by atoms with Crippen LogP contribution in [0.15, 0.2) is 30.6 Å². The van der Waals surface area contributed by atoms with Crippen LogP contribution >= 0.6 is 0 Å². The molecule has 2 aliphatic rings. The lowest BCUT2D eigenvalue weighted by Crippen LogP contribution is -2.41. The lowest BCUT2D eigenvalue weighted by Gasteiger charge is -2.34. The van der Waals surface area contributed by atoms with Crippen molar-refractivity contribution in [3.63, 3.8) is 0 Å². The van der Waals surface area contributed by atoms with Crippen LogP contribution in [0.25, 0.3) is 0 Å². The summed E-state index contributed by atoms with van der Waals surface area (Å²) in [7, 11) is 0. The van der Waals surface area contributed by atoms with Crippen molar-refractivity contribution >= 4 is 12.0 Å². The molecular weight excluding hydrogens is 480 g/mol. The monoisotopic (exact) mass is 517 g/mol. The van der Waals surface area contributed by atoms with E-state index < -0.39 is 11.6 Å². The van der Waals surface area contributed by atoms with Gasteiger partial charge in [-0.05, 0) is 68.7 Å². The van der Waals surface area contributed by atoms with Gasteiger partial charge in [0.2, 0.25) is 5.95 Å². The van der Waals surface area contributed by atoms with E-state index in [0.717, 1.165) is 44.5 Å². The van der Waals surface area contributed by atoms with Crippen molar-refractivity contribution in [3.05, 3.63) is 47.8 Å². The topological polar surface area (TPSA) is 93.8 Å². The summed E-state index contributed by atoms with van der Waals surface area (Å²) in [5.74, 6) is 0.795. The van der Waals surface area contributed by atoms with Crippen molar-refractivity contribution in [1.82, 2.24) is 14.9 Å². The normalized spacial score (nSPS) is 21.4. The fraction of sp³-hybridized carbons (Fsp3) is 0.593. The quantitative estimate of drug-likeness (QED) is 0.556. The maximum absolute atomic E-state index is 14.3. The van der Waals surface area contributed by atoms with Crippen LogP contribution in [0.1, 0.15) is 51.5 Å². The molecule has 0 bridgehead atoms. The Labute approximate surface area is 217 Å². The van der Waals surface area contributed by atoms with Crippen LogP contribution in [0.5, 0.6) is 5.75 Å². The second kappa shape index (κ2) is 12.0. The molecule has 2 saturated heterocycles. The van der Waals surface area contributed by atoms with Crippen molar-refractivity contribution in [2.45, 2.75) is 58.1 Å². The summed E-state index contributed by atoms with van der Waals surface area (Å²) in [6.45, 7) is 8.81. The molecule has 0 radical (unpaired) electrons. The molecule has 0 spiro atoms. The zero-order valence-electron chi connectivity index (χ0n) is 21.8. The van der Waals surface area contributed by atoms with E-state index in [2.05, 4.69) is 16.9 Å². The Balaban J connectivity index is 1.22. The first-order valence-electron chi connectivity index (χ1n) is 13.1. The molecular formula is C27H37F2N5O3. The highest BCUT2D eigenvalue weighted by atomic mass is 19.1. The molecule has 37 heavy (non-hydrogen) atoms. The summed E-state index contributed by atoms with van der Waals surface area (Å²) in [6, 6.07) is 3.10. The third-order valence-corrected chi connectivity index (χ3v) is 7.40. The molecule has 3 atom stereocenters. The van der Waals surface area contributed by atoms with Gasteiger partial charge in [0.05, 0.1) is 25.1 Å². The van der Waals surface area contributed by atoms with Gasteiger partial charge in [0.15, 0.2) is 5.75 Å². The Hall–Kier alpha value is -3.01. The molecule has 1 aromatic carbocycles. The number of hydrogen-bond acceptors (Lipinski definition) is 7. The fourth-order valence-corrected chi connectivity index (χ4v) is 5.19. The van der Waals surface area contributed by atoms with Crippen LogP contribution in [-0.2, 0) is 4.74 Å². The highest BCUT2D eigenvalue weighted by Gasteiger charge is 2.34. The number of hydrogen-bond donors (Lipinski definition) is 1. The molecule has 2 aromatic rings. The van der Waals surface area contributed by atoms with Crippen LogP contribution in [0.2, 0.25) is 0 Å². The van der Waals surface area contributed by atoms with Crippen molar-refractivity contribution < 1.29 is 23.0 Å². The number of ether oxygens (including phenoxy) is 2. The first-order valence-corrected chi connectivity index (χ1v) is 13.1. The van der Waals surface area contributed by atoms with E-state index in [1.807, 2.05) is 18.7 Å². The number of piperidine rings is 1. The predicted molar refractivity (Wildman–Crippen MR) is 137 cm³/mol. The number of amides is 1. The predicted octanol–water partition coefficient (Wildman–Crippen LogP) is 4.35. The number of aromatic nitrogens is 2. The van der Waals surface area contributed by atoms with E-state index in [1.54, 1.807) is 17.3 Å². The molecule has 1 amide bonds. The van der Waals surface area contributed by atoms with Crippen LogP contribution < -0.4 is 15.4 Å². The average molecular weight is 518 g/mol. The third-order valence-electron chi connectivity index (χ3n) is 7.40. The van der Waals surface area contributed by atoms with Gasteiger partial charge in [0.25, 0.3) is 0 Å². The van der Waals surface area contributed by atoms with Gasteiger partial charge in [0, 0.05) is 38.1 Å². The number of rotatable bonds is 8. The highest BCUT2D eigenvalue weighted by molar-refractivity contribution is 5.67. The minimum Gasteiger partial charge on any atom is -0.490 e. The number of carbonyl (C=O) groups is 1. The number of anilines is 1. The van der Waals surface area contributed by atoms with Crippen molar-refractivity contribution in [3.8, 4) is 5.75 Å². The van der Waals surface area contributed by atoms with Crippen molar-refractivity contribution in [2.24, 2.45) is 17.6 Å². The van der Waals surface area contributed by atoms with Crippen LogP contribution in [-0.4, -0.2) is 65.9 Å². The fourth-order valence-electron chi connectivity index (χ4n) is 5.19. The molecule has 202 valence electrons. The van der Waals surface area contributed by atoms with E-state index in [-0.39, 0.29) is 29.7 Å². The Morgan fingerprint density at radius 1 is 1.14 bits per heavy atom. The van der Waals surface area contributed by atoms with Crippen LogP contribution in [0.4, 0.5) is 19.5 Å². The minimum atomic E-state index is -0.481. The van der Waals surface area contributed by atoms with Crippen LogP contribution in [0, 0.1) is 23.5 Å². The summed E-state index contributed by atoms with van der Waals surface area (Å²) < 4.78 is 39.1. The first kappa shape index (κ1) is 27.0. The average Bonchev–Trinajstić information content (AvgIpc) is 3.26. The molecule has 3 heterocycles. The van der Waals surface area contributed by atoms with Gasteiger partial charge < -0.3 is 25.0 Å². The van der Waals surface area contributed by atoms with Crippen LogP contribution in [0.3, 0.4) is 0 Å². The summed E-state index contributed by atoms with van der Waals surface area (Å²) in [5.41, 5.74) is 6.53. The van der Waals surface area contributed by atoms with Crippen molar-refractivity contribution in [2.75, 3.05) is 37.7 Å². The maximum Gasteiger partial charge on any atom is 0.410 e. The number of benzene rings is 1. The van der Waals surface area contributed by atoms with E-state index in [1.165, 1.54) is 6.07 Å². The Kier molecular flexibility index (Phi) is 8.79. The van der Waals surface area contributed by atoms with E-state index >= 15 is 0 Å². The number of likely N-dealkylation sites (tertiary alicyclic amines) is 1. The third kappa shape index (κ3) is 6.85. The second-order valence-corrected chi connectivity index (χ2v) is 10.4. The number of nitrogens with zero attached hydrogens (tertiary/aromatic N) is 4. The van der Waals surface area contributed by atoms with Gasteiger partial charge >= 0.3 is 6.09 Å². The largest absolute Gasteiger partial charge is 0.490 e. The zero-order valence-corrected chi connectivity index (χ0v) is 21.8. The summed E-state index contributed by atoms with van der Waals surface area (Å²) >= 11 is 0. The van der Waals surface area contributed by atoms with Crippen molar-refractivity contribution in [1.29, 1.82) is 0 Å². The summed E-state index contributed by atoms with van der Waals surface area (Å²) in [4.78, 5) is 24.6. The molecule has 2 N–H and O–H groups in total. The Morgan fingerprint density at radius 2 is 1.84 bits per heavy atom. The van der Waals surface area contributed by atoms with Gasteiger partial charge in [-0.3, -0.25) is 0 Å². The molecule has 0 saturated carbocycles. The Morgan fingerprint density at radius 3 is 2.51 bits per heavy atom. The number of halogens is 2. The molecule has 2 aliphatic heterocycles. The van der Waals surface area contributed by atoms with Gasteiger partial charge in [-0.15, -0.1) is 0 Å². The molecule has 4 rings (SSSR count). The van der Waals surface area contributed by atoms with E-state index in [9.17, 15) is 13.6 Å². The number of nitrogens with two attached hydrogens (primary N) is 1. The summed E-state index contributed by atoms with van der Waals surface area (Å²) in [5, 5.41) is 0. The van der Waals surface area contributed by atoms with Gasteiger partial charge in [-0.2, -0.15) is 0 Å². The lowest BCUT2D eigenvalue weighted by atomic mass is 9.84. The molecule has 8 nitrogen and oxygen atoms in total. The molecule has 0 aliphatic carbocycles. The minimum absolute atomic E-state index is 0.103. The van der Waals surface area contributed by atoms with E-state index in [0.29, 0.717) is 43.2 Å². The molecule has 2 fully saturated rings.